The number of sulfone groups is 1. The van der Waals surface area contributed by atoms with Gasteiger partial charge in [0.25, 0.3) is 15.8 Å². The highest BCUT2D eigenvalue weighted by Gasteiger charge is 2.55. The number of benzene rings is 1. The summed E-state index contributed by atoms with van der Waals surface area (Å²) in [5.74, 6) is -4.82. The summed E-state index contributed by atoms with van der Waals surface area (Å²) < 4.78 is 104. The van der Waals surface area contributed by atoms with Gasteiger partial charge in [-0.05, 0) is 23.8 Å². The minimum absolute atomic E-state index is 0.123. The molecular weight excluding hydrogens is 428 g/mol. The summed E-state index contributed by atoms with van der Waals surface area (Å²) in [5.41, 5.74) is -8.27. The van der Waals surface area contributed by atoms with Crippen LogP contribution in [0, 0.1) is 17.1 Å². The number of anilines is 2. The molecule has 0 fully saturated rings. The van der Waals surface area contributed by atoms with E-state index in [1.807, 2.05) is 0 Å². The molecule has 6 nitrogen and oxygen atoms in total. The third-order valence-corrected chi connectivity index (χ3v) is 5.59. The van der Waals surface area contributed by atoms with Crippen molar-refractivity contribution in [3.63, 3.8) is 0 Å². The molecule has 0 spiro atoms. The van der Waals surface area contributed by atoms with Gasteiger partial charge < -0.3 is 10.4 Å². The molecule has 1 aromatic carbocycles. The number of nitrogens with zero attached hydrogens (tertiary/aromatic N) is 2. The Labute approximate surface area is 159 Å². The molecule has 0 radical (unpaired) electrons. The Morgan fingerprint density at radius 2 is 1.93 bits per heavy atom. The fourth-order valence-corrected chi connectivity index (χ4v) is 3.81. The van der Waals surface area contributed by atoms with Crippen LogP contribution in [0.3, 0.4) is 0 Å². The Bertz CT molecular complexity index is 1140. The number of pyridine rings is 1. The fourth-order valence-electron chi connectivity index (χ4n) is 2.87. The van der Waals surface area contributed by atoms with Gasteiger partial charge in [0.05, 0.1) is 23.5 Å². The molecule has 0 saturated carbocycles. The summed E-state index contributed by atoms with van der Waals surface area (Å²) in [6.45, 7) is 0. The monoisotopic (exact) mass is 437 g/mol. The van der Waals surface area contributed by atoms with E-state index in [0.717, 1.165) is 18.2 Å². The Hall–Kier alpha value is -2.85. The van der Waals surface area contributed by atoms with Crippen LogP contribution < -0.4 is 5.32 Å². The highest BCUT2D eigenvalue weighted by molar-refractivity contribution is 7.92. The van der Waals surface area contributed by atoms with Crippen LogP contribution >= 0.6 is 0 Å². The average molecular weight is 437 g/mol. The number of alkyl halides is 5. The van der Waals surface area contributed by atoms with Gasteiger partial charge in [0.15, 0.2) is 5.03 Å². The van der Waals surface area contributed by atoms with Crippen molar-refractivity contribution in [3.05, 3.63) is 46.9 Å². The third-order valence-electron chi connectivity index (χ3n) is 4.14. The number of nitriles is 1. The van der Waals surface area contributed by atoms with E-state index < -0.39 is 55.8 Å². The molecule has 0 bridgehead atoms. The van der Waals surface area contributed by atoms with Gasteiger partial charge in [0.2, 0.25) is 0 Å². The van der Waals surface area contributed by atoms with E-state index in [1.54, 1.807) is 6.07 Å². The van der Waals surface area contributed by atoms with Crippen molar-refractivity contribution >= 4 is 21.2 Å². The van der Waals surface area contributed by atoms with E-state index in [-0.39, 0.29) is 16.9 Å². The molecule has 29 heavy (non-hydrogen) atoms. The minimum atomic E-state index is -6.13. The molecule has 2 aromatic rings. The van der Waals surface area contributed by atoms with Crippen molar-refractivity contribution in [2.75, 3.05) is 5.32 Å². The molecule has 1 aromatic heterocycles. The maximum atomic E-state index is 14.0. The number of nitrogens with one attached hydrogen (secondary N) is 1. The summed E-state index contributed by atoms with van der Waals surface area (Å²) in [5, 5.41) is 19.3. The first-order valence-corrected chi connectivity index (χ1v) is 9.13. The van der Waals surface area contributed by atoms with E-state index in [0.29, 0.717) is 6.20 Å². The number of fused-ring (bicyclic) bond motifs is 1. The second-order valence-electron chi connectivity index (χ2n) is 6.12. The Morgan fingerprint density at radius 1 is 1.28 bits per heavy atom. The second-order valence-corrected chi connectivity index (χ2v) is 7.98. The van der Waals surface area contributed by atoms with Crippen LogP contribution in [0.1, 0.15) is 22.8 Å². The lowest BCUT2D eigenvalue weighted by atomic mass is 10.1. The molecule has 0 aliphatic heterocycles. The van der Waals surface area contributed by atoms with Crippen molar-refractivity contribution in [1.29, 1.82) is 5.26 Å². The first-order valence-electron chi connectivity index (χ1n) is 7.64. The molecule has 13 heteroatoms. The van der Waals surface area contributed by atoms with Crippen molar-refractivity contribution in [1.82, 2.24) is 4.98 Å². The molecule has 2 N–H and O–H groups in total. The maximum Gasteiger partial charge on any atom is 0.503 e. The quantitative estimate of drug-likeness (QED) is 0.714. The van der Waals surface area contributed by atoms with Gasteiger partial charge in [0.1, 0.15) is 11.9 Å². The number of halogens is 6. The maximum absolute atomic E-state index is 14.0. The van der Waals surface area contributed by atoms with Crippen LogP contribution in [0.25, 0.3) is 0 Å². The average Bonchev–Trinajstić information content (AvgIpc) is 2.84. The van der Waals surface area contributed by atoms with Gasteiger partial charge >= 0.3 is 5.51 Å². The third kappa shape index (κ3) is 3.49. The van der Waals surface area contributed by atoms with E-state index >= 15 is 0 Å². The zero-order valence-corrected chi connectivity index (χ0v) is 14.7. The summed E-state index contributed by atoms with van der Waals surface area (Å²) in [6.07, 6.45) is -3.57. The van der Waals surface area contributed by atoms with Gasteiger partial charge in [-0.1, -0.05) is 0 Å². The van der Waals surface area contributed by atoms with E-state index in [1.165, 1.54) is 0 Å². The summed E-state index contributed by atoms with van der Waals surface area (Å²) >= 11 is 0. The summed E-state index contributed by atoms with van der Waals surface area (Å²) in [4.78, 5) is 3.14. The predicted molar refractivity (Wildman–Crippen MR) is 85.5 cm³/mol. The lowest BCUT2D eigenvalue weighted by Gasteiger charge is -2.17. The first-order chi connectivity index (χ1) is 13.3. The smallest absolute Gasteiger partial charge is 0.382 e. The highest BCUT2D eigenvalue weighted by atomic mass is 32.2. The largest absolute Gasteiger partial charge is 0.503 e. The van der Waals surface area contributed by atoms with Crippen LogP contribution in [0.4, 0.5) is 37.7 Å². The van der Waals surface area contributed by atoms with Gasteiger partial charge in [-0.2, -0.15) is 18.4 Å². The number of hydrogen-bond acceptors (Lipinski definition) is 6. The van der Waals surface area contributed by atoms with Gasteiger partial charge in [-0.15, -0.1) is 0 Å². The van der Waals surface area contributed by atoms with Crippen molar-refractivity contribution < 1.29 is 39.9 Å². The summed E-state index contributed by atoms with van der Waals surface area (Å²) in [7, 11) is -6.13. The van der Waals surface area contributed by atoms with Crippen LogP contribution in [0.5, 0.6) is 0 Å². The number of hydrogen-bond donors (Lipinski definition) is 2. The highest BCUT2D eigenvalue weighted by Crippen LogP contribution is 2.49. The Morgan fingerprint density at radius 3 is 2.52 bits per heavy atom. The standard InChI is InChI=1S/C16H9F6N3O3S/c17-8-1-7(5-23)2-9(3-8)25-11-6-24-14(29(27,28)16(20,21)22)12-10(11)4-15(18,19)13(12)26/h1-3,6,13,25-26H,4H2/t13-/m0/s1. The molecule has 1 aliphatic carbocycles. The minimum Gasteiger partial charge on any atom is -0.382 e. The fraction of sp³-hybridized carbons (Fsp3) is 0.250. The molecule has 1 aliphatic rings. The topological polar surface area (TPSA) is 103 Å². The molecular formula is C16H9F6N3O3S. The van der Waals surface area contributed by atoms with Crippen LogP contribution in [0.15, 0.2) is 29.4 Å². The summed E-state index contributed by atoms with van der Waals surface area (Å²) in [6, 6.07) is 4.53. The predicted octanol–water partition coefficient (Wildman–Crippen LogP) is 3.35. The van der Waals surface area contributed by atoms with E-state index in [9.17, 15) is 39.9 Å². The number of aromatic nitrogens is 1. The number of aliphatic hydroxyl groups is 1. The Balaban J connectivity index is 2.19. The van der Waals surface area contributed by atoms with Gasteiger partial charge in [-0.3, -0.25) is 0 Å². The van der Waals surface area contributed by atoms with Crippen molar-refractivity contribution in [2.24, 2.45) is 0 Å². The molecule has 154 valence electrons. The molecule has 0 amide bonds. The molecule has 0 unspecified atom stereocenters. The van der Waals surface area contributed by atoms with Gasteiger partial charge in [-0.25, -0.2) is 26.6 Å². The van der Waals surface area contributed by atoms with Crippen molar-refractivity contribution in [2.45, 2.75) is 29.0 Å². The van der Waals surface area contributed by atoms with Crippen LogP contribution in [-0.2, 0) is 16.3 Å². The number of aliphatic hydroxyl groups excluding tert-OH is 1. The first kappa shape index (κ1) is 20.9. The van der Waals surface area contributed by atoms with Gasteiger partial charge in [0, 0.05) is 17.7 Å². The van der Waals surface area contributed by atoms with E-state index in [4.69, 9.17) is 5.26 Å². The number of rotatable bonds is 3. The second kappa shape index (κ2) is 6.60. The van der Waals surface area contributed by atoms with Crippen molar-refractivity contribution in [3.8, 4) is 6.07 Å². The molecule has 1 atom stereocenters. The lowest BCUT2D eigenvalue weighted by Crippen LogP contribution is -2.27. The Kier molecular flexibility index (Phi) is 4.75. The zero-order chi connectivity index (χ0) is 21.8. The molecule has 1 heterocycles. The van der Waals surface area contributed by atoms with Crippen LogP contribution in [0.2, 0.25) is 0 Å². The SMILES string of the molecule is N#Cc1cc(F)cc(Nc2cnc(S(=O)(=O)C(F)(F)F)c3c2CC(F)(F)[C@H]3O)c1. The molecule has 0 saturated heterocycles. The normalized spacial score (nSPS) is 18.2. The lowest BCUT2D eigenvalue weighted by molar-refractivity contribution is -0.0979. The molecule has 3 rings (SSSR count). The van der Waals surface area contributed by atoms with E-state index in [2.05, 4.69) is 10.3 Å². The zero-order valence-electron chi connectivity index (χ0n) is 13.9. The van der Waals surface area contributed by atoms with Crippen LogP contribution in [-0.4, -0.2) is 29.9 Å².